The van der Waals surface area contributed by atoms with Crippen LogP contribution in [-0.2, 0) is 0 Å². The van der Waals surface area contributed by atoms with Crippen LogP contribution < -0.4 is 0 Å². The number of hydrogen-bond donors (Lipinski definition) is 1. The zero-order chi connectivity index (χ0) is 17.4. The van der Waals surface area contributed by atoms with Gasteiger partial charge in [0.1, 0.15) is 0 Å². The van der Waals surface area contributed by atoms with Crippen molar-refractivity contribution in [2.24, 2.45) is 0 Å². The Bertz CT molecular complexity index is 750. The van der Waals surface area contributed by atoms with Crippen molar-refractivity contribution in [1.29, 1.82) is 0 Å². The van der Waals surface area contributed by atoms with Crippen LogP contribution in [0.25, 0.3) is 5.69 Å². The molecular weight excluding hydrogens is 340 g/mol. The first-order valence-corrected chi connectivity index (χ1v) is 9.00. The fourth-order valence-electron chi connectivity index (χ4n) is 3.63. The normalized spacial score (nSPS) is 19.8. The monoisotopic (exact) mass is 360 g/mol. The number of aliphatic hydroxyl groups is 1. The summed E-state index contributed by atoms with van der Waals surface area (Å²) >= 11 is 6.29. The van der Waals surface area contributed by atoms with Crippen molar-refractivity contribution in [3.05, 3.63) is 47.2 Å². The van der Waals surface area contributed by atoms with Gasteiger partial charge in [0.25, 0.3) is 5.91 Å². The minimum absolute atomic E-state index is 0.0268. The van der Waals surface area contributed by atoms with Crippen molar-refractivity contribution in [2.75, 3.05) is 26.2 Å². The van der Waals surface area contributed by atoms with Gasteiger partial charge in [0.05, 0.1) is 22.4 Å². The number of likely N-dealkylation sites (tertiary alicyclic amines) is 2. The SMILES string of the molecule is O=C(c1cc(-n2cccn2)ccc1Cl)N1CCC(N2CC(O)C2)CC1. The van der Waals surface area contributed by atoms with Crippen molar-refractivity contribution in [1.82, 2.24) is 19.6 Å². The third kappa shape index (κ3) is 3.29. The molecule has 0 radical (unpaired) electrons. The first-order chi connectivity index (χ1) is 12.1. The van der Waals surface area contributed by atoms with E-state index in [0.29, 0.717) is 16.6 Å². The molecule has 2 aliphatic heterocycles. The molecule has 132 valence electrons. The smallest absolute Gasteiger partial charge is 0.255 e. The maximum Gasteiger partial charge on any atom is 0.255 e. The quantitative estimate of drug-likeness (QED) is 0.906. The number of nitrogens with zero attached hydrogens (tertiary/aromatic N) is 4. The maximum absolute atomic E-state index is 12.9. The number of halogens is 1. The van der Waals surface area contributed by atoms with Crippen molar-refractivity contribution in [2.45, 2.75) is 25.0 Å². The third-order valence-corrected chi connectivity index (χ3v) is 5.44. The molecule has 0 unspecified atom stereocenters. The highest BCUT2D eigenvalue weighted by molar-refractivity contribution is 6.33. The number of carbonyl (C=O) groups is 1. The summed E-state index contributed by atoms with van der Waals surface area (Å²) in [5.74, 6) is -0.0268. The molecule has 25 heavy (non-hydrogen) atoms. The highest BCUT2D eigenvalue weighted by Gasteiger charge is 2.34. The molecule has 2 aromatic rings. The molecule has 4 rings (SSSR count). The van der Waals surface area contributed by atoms with E-state index < -0.39 is 0 Å². The summed E-state index contributed by atoms with van der Waals surface area (Å²) in [4.78, 5) is 17.1. The highest BCUT2D eigenvalue weighted by atomic mass is 35.5. The van der Waals surface area contributed by atoms with Gasteiger partial charge in [-0.15, -0.1) is 0 Å². The first kappa shape index (κ1) is 16.6. The van der Waals surface area contributed by atoms with Crippen LogP contribution in [0.1, 0.15) is 23.2 Å². The standard InChI is InChI=1S/C18H21ClN4O2/c19-17-3-2-14(23-7-1-6-20-23)10-16(17)18(25)21-8-4-13(5-9-21)22-11-15(24)12-22/h1-3,6-7,10,13,15,24H,4-5,8-9,11-12H2. The van der Waals surface area contributed by atoms with Crippen LogP contribution in [0.15, 0.2) is 36.7 Å². The average molecular weight is 361 g/mol. The second-order valence-electron chi connectivity index (χ2n) is 6.75. The molecule has 1 aromatic carbocycles. The van der Waals surface area contributed by atoms with E-state index in [4.69, 9.17) is 11.6 Å². The van der Waals surface area contributed by atoms with E-state index in [1.165, 1.54) is 0 Å². The molecule has 2 fully saturated rings. The number of amides is 1. The minimum atomic E-state index is -0.177. The van der Waals surface area contributed by atoms with Gasteiger partial charge in [-0.25, -0.2) is 4.68 Å². The van der Waals surface area contributed by atoms with Gasteiger partial charge in [0.2, 0.25) is 0 Å². The molecule has 0 bridgehead atoms. The second kappa shape index (κ2) is 6.78. The number of aromatic nitrogens is 2. The molecule has 0 atom stereocenters. The zero-order valence-electron chi connectivity index (χ0n) is 13.9. The van der Waals surface area contributed by atoms with Crippen molar-refractivity contribution in [3.63, 3.8) is 0 Å². The summed E-state index contributed by atoms with van der Waals surface area (Å²) in [7, 11) is 0. The topological polar surface area (TPSA) is 61.6 Å². The Morgan fingerprint density at radius 2 is 2.00 bits per heavy atom. The van der Waals surface area contributed by atoms with Gasteiger partial charge in [-0.05, 0) is 37.1 Å². The highest BCUT2D eigenvalue weighted by Crippen LogP contribution is 2.25. The van der Waals surface area contributed by atoms with Gasteiger partial charge in [0.15, 0.2) is 0 Å². The van der Waals surface area contributed by atoms with Crippen LogP contribution in [0.4, 0.5) is 0 Å². The summed E-state index contributed by atoms with van der Waals surface area (Å²) in [6, 6.07) is 7.72. The van der Waals surface area contributed by atoms with Crippen LogP contribution in [0.2, 0.25) is 5.02 Å². The number of benzene rings is 1. The molecule has 6 nitrogen and oxygen atoms in total. The van der Waals surface area contributed by atoms with Gasteiger partial charge < -0.3 is 10.0 Å². The largest absolute Gasteiger partial charge is 0.390 e. The fraction of sp³-hybridized carbons (Fsp3) is 0.444. The maximum atomic E-state index is 12.9. The summed E-state index contributed by atoms with van der Waals surface area (Å²) in [6.45, 7) is 2.96. The van der Waals surface area contributed by atoms with E-state index in [2.05, 4.69) is 10.00 Å². The molecule has 0 saturated carbocycles. The van der Waals surface area contributed by atoms with E-state index in [0.717, 1.165) is 44.7 Å². The summed E-state index contributed by atoms with van der Waals surface area (Å²) in [6.07, 6.45) is 5.24. The van der Waals surface area contributed by atoms with Gasteiger partial charge in [-0.3, -0.25) is 9.69 Å². The molecule has 2 aliphatic rings. The summed E-state index contributed by atoms with van der Waals surface area (Å²) in [5, 5.41) is 14.1. The molecule has 3 heterocycles. The molecule has 7 heteroatoms. The average Bonchev–Trinajstić information content (AvgIpc) is 3.14. The lowest BCUT2D eigenvalue weighted by atomic mass is 9.98. The Hall–Kier alpha value is -1.89. The second-order valence-corrected chi connectivity index (χ2v) is 7.15. The minimum Gasteiger partial charge on any atom is -0.390 e. The van der Waals surface area contributed by atoms with Crippen LogP contribution >= 0.6 is 11.6 Å². The Morgan fingerprint density at radius 1 is 1.24 bits per heavy atom. The zero-order valence-corrected chi connectivity index (χ0v) is 14.6. The molecule has 1 aromatic heterocycles. The van der Waals surface area contributed by atoms with Crippen molar-refractivity contribution >= 4 is 17.5 Å². The lowest BCUT2D eigenvalue weighted by molar-refractivity contribution is -0.0381. The fourth-order valence-corrected chi connectivity index (χ4v) is 3.83. The van der Waals surface area contributed by atoms with E-state index in [-0.39, 0.29) is 12.0 Å². The molecule has 0 aliphatic carbocycles. The summed E-state index contributed by atoms with van der Waals surface area (Å²) in [5.41, 5.74) is 1.34. The Balaban J connectivity index is 1.45. The molecule has 1 amide bonds. The number of rotatable bonds is 3. The van der Waals surface area contributed by atoms with E-state index in [1.54, 1.807) is 23.0 Å². The van der Waals surface area contributed by atoms with E-state index >= 15 is 0 Å². The first-order valence-electron chi connectivity index (χ1n) is 8.63. The van der Waals surface area contributed by atoms with Crippen LogP contribution in [0.5, 0.6) is 0 Å². The predicted octanol–water partition coefficient (Wildman–Crippen LogP) is 1.81. The van der Waals surface area contributed by atoms with Gasteiger partial charge in [-0.2, -0.15) is 5.10 Å². The van der Waals surface area contributed by atoms with Crippen molar-refractivity contribution < 1.29 is 9.90 Å². The number of carbonyl (C=O) groups excluding carboxylic acids is 1. The van der Waals surface area contributed by atoms with Gasteiger partial charge >= 0.3 is 0 Å². The molecule has 0 spiro atoms. The molecule has 2 saturated heterocycles. The van der Waals surface area contributed by atoms with Crippen LogP contribution in [0, 0.1) is 0 Å². The van der Waals surface area contributed by atoms with Crippen LogP contribution in [0.3, 0.4) is 0 Å². The third-order valence-electron chi connectivity index (χ3n) is 5.11. The molecular formula is C18H21ClN4O2. The lowest BCUT2D eigenvalue weighted by Gasteiger charge is -2.45. The lowest BCUT2D eigenvalue weighted by Crippen LogP contribution is -2.58. The molecule has 1 N–H and O–H groups in total. The summed E-state index contributed by atoms with van der Waals surface area (Å²) < 4.78 is 1.72. The van der Waals surface area contributed by atoms with Crippen LogP contribution in [-0.4, -0.2) is 68.9 Å². The predicted molar refractivity (Wildman–Crippen MR) is 95.1 cm³/mol. The van der Waals surface area contributed by atoms with Crippen molar-refractivity contribution in [3.8, 4) is 5.69 Å². The Kier molecular flexibility index (Phi) is 4.50. The number of hydrogen-bond acceptors (Lipinski definition) is 4. The number of piperidine rings is 1. The number of aliphatic hydroxyl groups excluding tert-OH is 1. The van der Waals surface area contributed by atoms with E-state index in [9.17, 15) is 9.90 Å². The van der Waals surface area contributed by atoms with E-state index in [1.807, 2.05) is 23.2 Å². The van der Waals surface area contributed by atoms with Gasteiger partial charge in [-0.1, -0.05) is 11.6 Å². The van der Waals surface area contributed by atoms with Gasteiger partial charge in [0, 0.05) is 44.6 Å². The number of β-amino-alcohol motifs (C(OH)–C–C–N with tert-alkyl or cyclic N) is 1. The Labute approximate surface area is 151 Å². The Morgan fingerprint density at radius 3 is 2.64 bits per heavy atom.